The van der Waals surface area contributed by atoms with E-state index in [-0.39, 0.29) is 5.25 Å². The minimum absolute atomic E-state index is 0.198. The Bertz CT molecular complexity index is 169. The molecular weight excluding hydrogens is 202 g/mol. The minimum Gasteiger partial charge on any atom is -0.332 e. The molecule has 1 fully saturated rings. The quantitative estimate of drug-likeness (QED) is 0.722. The maximum atomic E-state index is 11.9. The van der Waals surface area contributed by atoms with E-state index >= 15 is 0 Å². The van der Waals surface area contributed by atoms with E-state index in [1.165, 1.54) is 0 Å². The van der Waals surface area contributed by atoms with Crippen LogP contribution >= 0.6 is 23.5 Å². The van der Waals surface area contributed by atoms with Crippen LogP contribution in [0.15, 0.2) is 0 Å². The molecule has 0 N–H and O–H groups in total. The Morgan fingerprint density at radius 1 is 1.69 bits per heavy atom. The van der Waals surface area contributed by atoms with Crippen molar-refractivity contribution in [1.82, 2.24) is 4.90 Å². The van der Waals surface area contributed by atoms with Gasteiger partial charge >= 0.3 is 0 Å². The summed E-state index contributed by atoms with van der Waals surface area (Å²) in [6.45, 7) is 3.08. The van der Waals surface area contributed by atoms with Gasteiger partial charge in [-0.3, -0.25) is 4.79 Å². The molecule has 1 rings (SSSR count). The van der Waals surface area contributed by atoms with E-state index in [0.717, 1.165) is 31.0 Å². The summed E-state index contributed by atoms with van der Waals surface area (Å²) in [6, 6.07) is 0. The number of hydrogen-bond acceptors (Lipinski definition) is 3. The van der Waals surface area contributed by atoms with Gasteiger partial charge in [0.2, 0.25) is 5.91 Å². The summed E-state index contributed by atoms with van der Waals surface area (Å²) in [6.07, 6.45) is 4.14. The Balaban J connectivity index is 2.42. The van der Waals surface area contributed by atoms with E-state index in [2.05, 4.69) is 6.92 Å². The average Bonchev–Trinajstić information content (AvgIpc) is 2.65. The van der Waals surface area contributed by atoms with Crippen molar-refractivity contribution in [3.05, 3.63) is 0 Å². The lowest BCUT2D eigenvalue weighted by atomic mass is 10.2. The van der Waals surface area contributed by atoms with Gasteiger partial charge in [-0.2, -0.15) is 11.8 Å². The van der Waals surface area contributed by atoms with Crippen LogP contribution in [0.5, 0.6) is 0 Å². The molecule has 1 amide bonds. The van der Waals surface area contributed by atoms with Gasteiger partial charge in [0.1, 0.15) is 0 Å². The molecule has 0 bridgehead atoms. The Labute approximate surface area is 88.8 Å². The third-order valence-corrected chi connectivity index (χ3v) is 4.15. The SMILES string of the molecule is CCCC(SC)C(=O)N1CCSC1. The molecular formula is C9H17NOS2. The number of hydrogen-bond donors (Lipinski definition) is 0. The highest BCUT2D eigenvalue weighted by atomic mass is 32.2. The largest absolute Gasteiger partial charge is 0.332 e. The Morgan fingerprint density at radius 2 is 2.46 bits per heavy atom. The number of thioether (sulfide) groups is 2. The van der Waals surface area contributed by atoms with Gasteiger partial charge in [-0.1, -0.05) is 13.3 Å². The van der Waals surface area contributed by atoms with E-state index in [9.17, 15) is 4.79 Å². The molecule has 1 heterocycles. The second kappa shape index (κ2) is 5.81. The van der Waals surface area contributed by atoms with Crippen molar-refractivity contribution in [1.29, 1.82) is 0 Å². The van der Waals surface area contributed by atoms with E-state index in [1.807, 2.05) is 22.9 Å². The van der Waals surface area contributed by atoms with Gasteiger partial charge in [-0.15, -0.1) is 11.8 Å². The van der Waals surface area contributed by atoms with Crippen LogP contribution in [-0.2, 0) is 4.79 Å². The van der Waals surface area contributed by atoms with Crippen molar-refractivity contribution >= 4 is 29.4 Å². The van der Waals surface area contributed by atoms with Gasteiger partial charge in [-0.05, 0) is 12.7 Å². The van der Waals surface area contributed by atoms with Crippen LogP contribution in [0, 0.1) is 0 Å². The van der Waals surface area contributed by atoms with Gasteiger partial charge in [-0.25, -0.2) is 0 Å². The van der Waals surface area contributed by atoms with Crippen LogP contribution in [0.4, 0.5) is 0 Å². The predicted molar refractivity (Wildman–Crippen MR) is 61.2 cm³/mol. The summed E-state index contributed by atoms with van der Waals surface area (Å²) < 4.78 is 0. The first-order valence-corrected chi connectivity index (χ1v) is 7.13. The molecule has 1 atom stereocenters. The third kappa shape index (κ3) is 3.09. The summed E-state index contributed by atoms with van der Waals surface area (Å²) in [7, 11) is 0. The highest BCUT2D eigenvalue weighted by molar-refractivity contribution is 8.00. The number of rotatable bonds is 4. The zero-order chi connectivity index (χ0) is 9.68. The molecule has 1 saturated heterocycles. The van der Waals surface area contributed by atoms with Crippen molar-refractivity contribution in [2.24, 2.45) is 0 Å². The first kappa shape index (κ1) is 11.2. The molecule has 0 saturated carbocycles. The first-order chi connectivity index (χ1) is 6.29. The number of carbonyl (C=O) groups is 1. The zero-order valence-electron chi connectivity index (χ0n) is 8.28. The van der Waals surface area contributed by atoms with Crippen LogP contribution in [0.1, 0.15) is 19.8 Å². The molecule has 0 aromatic carbocycles. The maximum absolute atomic E-state index is 11.9. The number of amides is 1. The van der Waals surface area contributed by atoms with E-state index in [1.54, 1.807) is 11.8 Å². The molecule has 2 nitrogen and oxygen atoms in total. The van der Waals surface area contributed by atoms with Crippen molar-refractivity contribution in [2.45, 2.75) is 25.0 Å². The molecule has 1 aliphatic rings. The Morgan fingerprint density at radius 3 is 2.92 bits per heavy atom. The van der Waals surface area contributed by atoms with Gasteiger partial charge in [0.25, 0.3) is 0 Å². The molecule has 76 valence electrons. The molecule has 1 aliphatic heterocycles. The lowest BCUT2D eigenvalue weighted by Gasteiger charge is -2.20. The highest BCUT2D eigenvalue weighted by Gasteiger charge is 2.24. The lowest BCUT2D eigenvalue weighted by molar-refractivity contribution is -0.129. The smallest absolute Gasteiger partial charge is 0.236 e. The molecule has 13 heavy (non-hydrogen) atoms. The number of carbonyl (C=O) groups excluding carboxylic acids is 1. The van der Waals surface area contributed by atoms with Gasteiger partial charge < -0.3 is 4.90 Å². The second-order valence-corrected chi connectivity index (χ2v) is 5.27. The Hall–Kier alpha value is 0.170. The van der Waals surface area contributed by atoms with E-state index in [0.29, 0.717) is 5.91 Å². The van der Waals surface area contributed by atoms with Gasteiger partial charge in [0, 0.05) is 12.3 Å². The lowest BCUT2D eigenvalue weighted by Crippen LogP contribution is -2.35. The van der Waals surface area contributed by atoms with E-state index in [4.69, 9.17) is 0 Å². The van der Waals surface area contributed by atoms with Crippen LogP contribution in [0.25, 0.3) is 0 Å². The van der Waals surface area contributed by atoms with Gasteiger partial charge in [0.15, 0.2) is 0 Å². The average molecular weight is 219 g/mol. The van der Waals surface area contributed by atoms with Gasteiger partial charge in [0.05, 0.1) is 11.1 Å². The minimum atomic E-state index is 0.198. The number of nitrogens with zero attached hydrogens (tertiary/aromatic N) is 1. The topological polar surface area (TPSA) is 20.3 Å². The van der Waals surface area contributed by atoms with Crippen molar-refractivity contribution in [3.63, 3.8) is 0 Å². The summed E-state index contributed by atoms with van der Waals surface area (Å²) in [5, 5.41) is 0.198. The van der Waals surface area contributed by atoms with Crippen molar-refractivity contribution < 1.29 is 4.79 Å². The third-order valence-electron chi connectivity index (χ3n) is 2.18. The van der Waals surface area contributed by atoms with Crippen LogP contribution < -0.4 is 0 Å². The zero-order valence-corrected chi connectivity index (χ0v) is 9.92. The molecule has 0 spiro atoms. The molecule has 0 aromatic rings. The molecule has 1 unspecified atom stereocenters. The Kier molecular flexibility index (Phi) is 5.02. The van der Waals surface area contributed by atoms with Crippen LogP contribution in [0.3, 0.4) is 0 Å². The van der Waals surface area contributed by atoms with Crippen molar-refractivity contribution in [2.75, 3.05) is 24.4 Å². The fourth-order valence-electron chi connectivity index (χ4n) is 1.40. The molecule has 0 aromatic heterocycles. The summed E-state index contributed by atoms with van der Waals surface area (Å²) in [5.74, 6) is 2.36. The van der Waals surface area contributed by atoms with Crippen molar-refractivity contribution in [3.8, 4) is 0 Å². The monoisotopic (exact) mass is 219 g/mol. The summed E-state index contributed by atoms with van der Waals surface area (Å²) in [4.78, 5) is 13.8. The molecule has 4 heteroatoms. The predicted octanol–water partition coefficient (Wildman–Crippen LogP) is 2.05. The fourth-order valence-corrected chi connectivity index (χ4v) is 3.17. The fraction of sp³-hybridized carbons (Fsp3) is 0.889. The summed E-state index contributed by atoms with van der Waals surface area (Å²) in [5.41, 5.74) is 0. The first-order valence-electron chi connectivity index (χ1n) is 4.69. The van der Waals surface area contributed by atoms with E-state index < -0.39 is 0 Å². The standard InChI is InChI=1S/C9H17NOS2/c1-3-4-8(12-2)9(11)10-5-6-13-7-10/h8H,3-7H2,1-2H3. The molecule has 0 radical (unpaired) electrons. The van der Waals surface area contributed by atoms with Crippen LogP contribution in [0.2, 0.25) is 0 Å². The molecule has 0 aliphatic carbocycles. The highest BCUT2D eigenvalue weighted by Crippen LogP contribution is 2.21. The summed E-state index contributed by atoms with van der Waals surface area (Å²) >= 11 is 3.54. The normalized spacial score (nSPS) is 19.1. The second-order valence-electron chi connectivity index (χ2n) is 3.15. The van der Waals surface area contributed by atoms with Crippen LogP contribution in [-0.4, -0.2) is 40.5 Å². The maximum Gasteiger partial charge on any atom is 0.236 e.